The lowest BCUT2D eigenvalue weighted by Gasteiger charge is -2.08. The van der Waals surface area contributed by atoms with Crippen LogP contribution >= 0.6 is 11.3 Å². The average molecular weight is 237 g/mol. The number of hydrogen-bond acceptors (Lipinski definition) is 5. The van der Waals surface area contributed by atoms with E-state index in [1.54, 1.807) is 11.3 Å². The van der Waals surface area contributed by atoms with Gasteiger partial charge in [0.1, 0.15) is 5.76 Å². The molecule has 0 bridgehead atoms. The molecule has 0 aliphatic rings. The average Bonchev–Trinajstić information content (AvgIpc) is 2.86. The highest BCUT2D eigenvalue weighted by atomic mass is 32.1. The summed E-state index contributed by atoms with van der Waals surface area (Å²) in [6.07, 6.45) is 1.88. The summed E-state index contributed by atoms with van der Waals surface area (Å²) in [4.78, 5) is 9.60. The quantitative estimate of drug-likeness (QED) is 0.888. The van der Waals surface area contributed by atoms with Gasteiger partial charge in [0.05, 0.1) is 17.7 Å². The third-order valence-electron chi connectivity index (χ3n) is 2.51. The molecule has 2 aromatic rings. The lowest BCUT2D eigenvalue weighted by atomic mass is 10.3. The SMILES string of the molecule is Cc1nc(CNC(C)c2cncs2)oc1C. The zero-order chi connectivity index (χ0) is 11.5. The molecule has 0 spiro atoms. The normalized spacial score (nSPS) is 12.9. The van der Waals surface area contributed by atoms with Crippen LogP contribution in [0.4, 0.5) is 0 Å². The molecule has 0 aliphatic heterocycles. The van der Waals surface area contributed by atoms with Gasteiger partial charge in [0, 0.05) is 17.1 Å². The van der Waals surface area contributed by atoms with Gasteiger partial charge in [-0.1, -0.05) is 0 Å². The first-order chi connectivity index (χ1) is 7.66. The van der Waals surface area contributed by atoms with Crippen molar-refractivity contribution in [1.29, 1.82) is 0 Å². The molecule has 0 fully saturated rings. The third kappa shape index (κ3) is 2.48. The Balaban J connectivity index is 1.92. The summed E-state index contributed by atoms with van der Waals surface area (Å²) in [5, 5.41) is 3.36. The van der Waals surface area contributed by atoms with Gasteiger partial charge in [0.2, 0.25) is 5.89 Å². The molecule has 5 heteroatoms. The molecule has 2 rings (SSSR count). The Bertz CT molecular complexity index is 430. The molecular weight excluding hydrogens is 222 g/mol. The van der Waals surface area contributed by atoms with Gasteiger partial charge < -0.3 is 9.73 Å². The van der Waals surface area contributed by atoms with Crippen LogP contribution in [0, 0.1) is 13.8 Å². The van der Waals surface area contributed by atoms with E-state index >= 15 is 0 Å². The molecule has 16 heavy (non-hydrogen) atoms. The fourth-order valence-electron chi connectivity index (χ4n) is 1.40. The number of nitrogens with one attached hydrogen (secondary N) is 1. The Morgan fingerprint density at radius 2 is 2.31 bits per heavy atom. The van der Waals surface area contributed by atoms with Crippen molar-refractivity contribution >= 4 is 11.3 Å². The molecule has 1 unspecified atom stereocenters. The second-order valence-electron chi connectivity index (χ2n) is 3.76. The summed E-state index contributed by atoms with van der Waals surface area (Å²) in [6, 6.07) is 0.278. The van der Waals surface area contributed by atoms with Gasteiger partial charge in [-0.2, -0.15) is 0 Å². The maximum Gasteiger partial charge on any atom is 0.208 e. The van der Waals surface area contributed by atoms with Crippen molar-refractivity contribution in [3.05, 3.63) is 33.9 Å². The van der Waals surface area contributed by atoms with E-state index in [4.69, 9.17) is 4.42 Å². The van der Waals surface area contributed by atoms with Gasteiger partial charge in [-0.05, 0) is 20.8 Å². The zero-order valence-corrected chi connectivity index (χ0v) is 10.5. The summed E-state index contributed by atoms with van der Waals surface area (Å²) in [5.41, 5.74) is 2.80. The lowest BCUT2D eigenvalue weighted by Crippen LogP contribution is -2.17. The fourth-order valence-corrected chi connectivity index (χ4v) is 2.05. The number of oxazole rings is 1. The van der Waals surface area contributed by atoms with Crippen LogP contribution < -0.4 is 5.32 Å². The highest BCUT2D eigenvalue weighted by molar-refractivity contribution is 7.09. The van der Waals surface area contributed by atoms with E-state index in [1.165, 1.54) is 4.88 Å². The number of thiazole rings is 1. The van der Waals surface area contributed by atoms with E-state index < -0.39 is 0 Å². The summed E-state index contributed by atoms with van der Waals surface area (Å²) in [5.74, 6) is 1.63. The zero-order valence-electron chi connectivity index (χ0n) is 9.65. The number of hydrogen-bond donors (Lipinski definition) is 1. The van der Waals surface area contributed by atoms with Crippen molar-refractivity contribution in [1.82, 2.24) is 15.3 Å². The van der Waals surface area contributed by atoms with Crippen LogP contribution in [0.3, 0.4) is 0 Å². The number of aromatic nitrogens is 2. The van der Waals surface area contributed by atoms with E-state index in [0.29, 0.717) is 6.54 Å². The summed E-state index contributed by atoms with van der Waals surface area (Å²) in [7, 11) is 0. The molecule has 2 heterocycles. The van der Waals surface area contributed by atoms with Crippen LogP contribution in [0.1, 0.15) is 35.2 Å². The second kappa shape index (κ2) is 4.76. The molecule has 2 aromatic heterocycles. The van der Waals surface area contributed by atoms with E-state index in [-0.39, 0.29) is 6.04 Å². The molecular formula is C11H15N3OS. The molecule has 0 aliphatic carbocycles. The van der Waals surface area contributed by atoms with Gasteiger partial charge >= 0.3 is 0 Å². The van der Waals surface area contributed by atoms with Crippen molar-refractivity contribution in [2.45, 2.75) is 33.4 Å². The number of rotatable bonds is 4. The van der Waals surface area contributed by atoms with E-state index in [1.807, 2.05) is 25.6 Å². The Kier molecular flexibility index (Phi) is 3.36. The minimum absolute atomic E-state index is 0.278. The molecule has 0 aromatic carbocycles. The van der Waals surface area contributed by atoms with Gasteiger partial charge in [0.25, 0.3) is 0 Å². The standard InChI is InChI=1S/C11H15N3OS/c1-7-9(3)15-11(14-7)5-13-8(2)10-4-12-6-16-10/h4,6,8,13H,5H2,1-3H3. The summed E-state index contributed by atoms with van der Waals surface area (Å²) < 4.78 is 5.50. The van der Waals surface area contributed by atoms with Crippen molar-refractivity contribution in [2.24, 2.45) is 0 Å². The molecule has 0 saturated heterocycles. The highest BCUT2D eigenvalue weighted by Crippen LogP contribution is 2.17. The summed E-state index contributed by atoms with van der Waals surface area (Å²) in [6.45, 7) is 6.64. The molecule has 4 nitrogen and oxygen atoms in total. The van der Waals surface area contributed by atoms with Gasteiger partial charge in [-0.3, -0.25) is 4.98 Å². The van der Waals surface area contributed by atoms with E-state index in [2.05, 4.69) is 22.2 Å². The monoisotopic (exact) mass is 237 g/mol. The highest BCUT2D eigenvalue weighted by Gasteiger charge is 2.09. The minimum Gasteiger partial charge on any atom is -0.444 e. The Labute approximate surface area is 98.7 Å². The number of nitrogens with zero attached hydrogens (tertiary/aromatic N) is 2. The van der Waals surface area contributed by atoms with Crippen molar-refractivity contribution < 1.29 is 4.42 Å². The molecule has 0 radical (unpaired) electrons. The first kappa shape index (κ1) is 11.3. The molecule has 0 amide bonds. The van der Waals surface area contributed by atoms with E-state index in [9.17, 15) is 0 Å². The largest absolute Gasteiger partial charge is 0.444 e. The molecule has 0 saturated carbocycles. The van der Waals surface area contributed by atoms with Crippen molar-refractivity contribution in [2.75, 3.05) is 0 Å². The topological polar surface area (TPSA) is 51.0 Å². The Morgan fingerprint density at radius 1 is 1.50 bits per heavy atom. The van der Waals surface area contributed by atoms with Crippen LogP contribution in [0.5, 0.6) is 0 Å². The predicted molar refractivity (Wildman–Crippen MR) is 63.3 cm³/mol. The fraction of sp³-hybridized carbons (Fsp3) is 0.455. The van der Waals surface area contributed by atoms with Crippen molar-refractivity contribution in [3.8, 4) is 0 Å². The third-order valence-corrected chi connectivity index (χ3v) is 3.47. The van der Waals surface area contributed by atoms with Crippen LogP contribution in [-0.4, -0.2) is 9.97 Å². The van der Waals surface area contributed by atoms with Gasteiger partial charge in [-0.25, -0.2) is 4.98 Å². The lowest BCUT2D eigenvalue weighted by molar-refractivity contribution is 0.433. The van der Waals surface area contributed by atoms with Crippen LogP contribution in [-0.2, 0) is 6.54 Å². The maximum atomic E-state index is 5.50. The second-order valence-corrected chi connectivity index (χ2v) is 4.67. The first-order valence-corrected chi connectivity index (χ1v) is 6.09. The van der Waals surface area contributed by atoms with Crippen LogP contribution in [0.15, 0.2) is 16.1 Å². The maximum absolute atomic E-state index is 5.50. The Morgan fingerprint density at radius 3 is 2.88 bits per heavy atom. The number of aryl methyl sites for hydroxylation is 2. The van der Waals surface area contributed by atoms with Crippen LogP contribution in [0.2, 0.25) is 0 Å². The van der Waals surface area contributed by atoms with Crippen molar-refractivity contribution in [3.63, 3.8) is 0 Å². The molecule has 1 atom stereocenters. The molecule has 86 valence electrons. The minimum atomic E-state index is 0.278. The first-order valence-electron chi connectivity index (χ1n) is 5.21. The smallest absolute Gasteiger partial charge is 0.208 e. The Hall–Kier alpha value is -1.20. The van der Waals surface area contributed by atoms with Crippen LogP contribution in [0.25, 0.3) is 0 Å². The van der Waals surface area contributed by atoms with Gasteiger partial charge in [-0.15, -0.1) is 11.3 Å². The van der Waals surface area contributed by atoms with E-state index in [0.717, 1.165) is 17.3 Å². The predicted octanol–water partition coefficient (Wildman–Crippen LogP) is 2.60. The summed E-state index contributed by atoms with van der Waals surface area (Å²) >= 11 is 1.65. The molecule has 1 N–H and O–H groups in total. The van der Waals surface area contributed by atoms with Gasteiger partial charge in [0.15, 0.2) is 0 Å².